The van der Waals surface area contributed by atoms with E-state index in [1.165, 1.54) is 11.1 Å². The molecule has 0 radical (unpaired) electrons. The summed E-state index contributed by atoms with van der Waals surface area (Å²) in [7, 11) is 0. The Kier molecular flexibility index (Phi) is 8.22. The van der Waals surface area contributed by atoms with Gasteiger partial charge in [0.1, 0.15) is 6.10 Å². The van der Waals surface area contributed by atoms with Crippen molar-refractivity contribution in [3.8, 4) is 0 Å². The fourth-order valence-corrected chi connectivity index (χ4v) is 2.62. The first-order valence-corrected chi connectivity index (χ1v) is 8.57. The molecule has 1 aliphatic heterocycles. The van der Waals surface area contributed by atoms with Crippen LogP contribution < -0.4 is 0 Å². The average Bonchev–Trinajstić information content (AvgIpc) is 2.43. The summed E-state index contributed by atoms with van der Waals surface area (Å²) in [5.41, 5.74) is 2.74. The highest BCUT2D eigenvalue weighted by molar-refractivity contribution is 5.69. The third-order valence-electron chi connectivity index (χ3n) is 4.33. The molecule has 0 N–H and O–H groups in total. The molecule has 0 bridgehead atoms. The molecule has 0 aromatic heterocycles. The molecule has 1 rings (SSSR count). The summed E-state index contributed by atoms with van der Waals surface area (Å²) in [6.07, 6.45) is 13.5. The summed E-state index contributed by atoms with van der Waals surface area (Å²) in [5.74, 6) is 0.724. The highest BCUT2D eigenvalue weighted by Crippen LogP contribution is 2.17. The molecule has 0 aromatic rings. The van der Waals surface area contributed by atoms with E-state index in [2.05, 4.69) is 52.0 Å². The Hall–Kier alpha value is -1.31. The van der Waals surface area contributed by atoms with Gasteiger partial charge in [-0.3, -0.25) is 4.79 Å². The van der Waals surface area contributed by atoms with Crippen LogP contribution in [0.1, 0.15) is 66.7 Å². The number of hydrogen-bond donors (Lipinski definition) is 0. The normalized spacial score (nSPS) is 35.7. The molecule has 0 saturated carbocycles. The number of carbonyl (C=O) groups excluding carboxylic acids is 1. The first-order chi connectivity index (χ1) is 10.4. The number of ether oxygens (including phenoxy) is 1. The summed E-state index contributed by atoms with van der Waals surface area (Å²) in [6.45, 7) is 10.7. The Labute approximate surface area is 136 Å². The summed E-state index contributed by atoms with van der Waals surface area (Å²) in [5, 5.41) is 0. The first-order valence-electron chi connectivity index (χ1n) is 8.57. The Bertz CT molecular complexity index is 443. The van der Waals surface area contributed by atoms with E-state index < -0.39 is 0 Å². The Morgan fingerprint density at radius 2 is 1.77 bits per heavy atom. The van der Waals surface area contributed by atoms with E-state index in [0.29, 0.717) is 12.3 Å². The zero-order valence-corrected chi connectivity index (χ0v) is 14.9. The molecule has 1 aliphatic rings. The van der Waals surface area contributed by atoms with E-state index in [1.54, 1.807) is 0 Å². The van der Waals surface area contributed by atoms with Gasteiger partial charge in [-0.1, -0.05) is 49.3 Å². The summed E-state index contributed by atoms with van der Waals surface area (Å²) < 4.78 is 5.53. The van der Waals surface area contributed by atoms with Gasteiger partial charge in [0, 0.05) is 12.3 Å². The molecule has 1 heterocycles. The molecule has 0 aliphatic carbocycles. The second kappa shape index (κ2) is 9.66. The Balaban J connectivity index is 2.78. The molecule has 2 nitrogen and oxygen atoms in total. The molecule has 0 aromatic carbocycles. The van der Waals surface area contributed by atoms with Gasteiger partial charge in [0.15, 0.2) is 0 Å². The zero-order valence-electron chi connectivity index (χ0n) is 14.9. The lowest BCUT2D eigenvalue weighted by molar-refractivity contribution is -0.149. The van der Waals surface area contributed by atoms with Gasteiger partial charge >= 0.3 is 5.97 Å². The highest BCUT2D eigenvalue weighted by atomic mass is 16.5. The van der Waals surface area contributed by atoms with E-state index in [0.717, 1.165) is 25.7 Å². The van der Waals surface area contributed by atoms with Gasteiger partial charge in [-0.25, -0.2) is 0 Å². The van der Waals surface area contributed by atoms with Crippen molar-refractivity contribution in [2.24, 2.45) is 11.8 Å². The second-order valence-corrected chi connectivity index (χ2v) is 6.80. The van der Waals surface area contributed by atoms with E-state index in [1.807, 2.05) is 6.92 Å². The van der Waals surface area contributed by atoms with Crippen LogP contribution in [0, 0.1) is 11.8 Å². The van der Waals surface area contributed by atoms with Crippen molar-refractivity contribution in [2.75, 3.05) is 0 Å². The minimum Gasteiger partial charge on any atom is -0.462 e. The van der Waals surface area contributed by atoms with Crippen LogP contribution in [0.2, 0.25) is 0 Å². The maximum atomic E-state index is 11.9. The van der Waals surface area contributed by atoms with Crippen molar-refractivity contribution in [3.63, 3.8) is 0 Å². The number of rotatable bonds is 0. The van der Waals surface area contributed by atoms with E-state index in [9.17, 15) is 4.79 Å². The highest BCUT2D eigenvalue weighted by Gasteiger charge is 2.14. The number of hydrogen-bond acceptors (Lipinski definition) is 2. The standard InChI is InChI=1S/C20H32O2/c1-15-8-6-9-16(2)14-17(3)10-7-11-18(4)19(5)22-20(21)13-12-15/h7-8,11,14,17-19H,6,9-10,12-13H2,1-5H3/b11-7+,15-8+,16-14+/t17-,18-,19+/m1/s1. The van der Waals surface area contributed by atoms with Gasteiger partial charge in [-0.2, -0.15) is 0 Å². The number of esters is 1. The lowest BCUT2D eigenvalue weighted by Gasteiger charge is -2.18. The molecule has 0 spiro atoms. The minimum atomic E-state index is -0.0861. The third kappa shape index (κ3) is 7.63. The lowest BCUT2D eigenvalue weighted by Crippen LogP contribution is -2.20. The summed E-state index contributed by atoms with van der Waals surface area (Å²) in [4.78, 5) is 11.9. The molecule has 22 heavy (non-hydrogen) atoms. The number of carbonyl (C=O) groups is 1. The summed E-state index contributed by atoms with van der Waals surface area (Å²) in [6, 6.07) is 0. The van der Waals surface area contributed by atoms with Gasteiger partial charge in [-0.05, 0) is 52.4 Å². The molecular formula is C20H32O2. The molecule has 0 amide bonds. The van der Waals surface area contributed by atoms with Gasteiger partial charge in [0.2, 0.25) is 0 Å². The smallest absolute Gasteiger partial charge is 0.306 e. The Morgan fingerprint density at radius 3 is 2.50 bits per heavy atom. The molecule has 124 valence electrons. The number of cyclic esters (lactones) is 1. The van der Waals surface area contributed by atoms with E-state index in [-0.39, 0.29) is 18.0 Å². The van der Waals surface area contributed by atoms with Crippen LogP contribution in [0.15, 0.2) is 35.5 Å². The average molecular weight is 304 g/mol. The van der Waals surface area contributed by atoms with Gasteiger partial charge in [0.25, 0.3) is 0 Å². The van der Waals surface area contributed by atoms with Gasteiger partial charge in [0.05, 0.1) is 0 Å². The fraction of sp³-hybridized carbons (Fsp3) is 0.650. The largest absolute Gasteiger partial charge is 0.462 e. The van der Waals surface area contributed by atoms with Crippen LogP contribution in [0.4, 0.5) is 0 Å². The maximum absolute atomic E-state index is 11.9. The molecule has 3 atom stereocenters. The quantitative estimate of drug-likeness (QED) is 0.430. The van der Waals surface area contributed by atoms with Crippen molar-refractivity contribution >= 4 is 5.97 Å². The van der Waals surface area contributed by atoms with E-state index >= 15 is 0 Å². The Morgan fingerprint density at radius 1 is 1.05 bits per heavy atom. The van der Waals surface area contributed by atoms with Gasteiger partial charge in [-0.15, -0.1) is 0 Å². The molecule has 0 fully saturated rings. The monoisotopic (exact) mass is 304 g/mol. The summed E-state index contributed by atoms with van der Waals surface area (Å²) >= 11 is 0. The van der Waals surface area contributed by atoms with Crippen molar-refractivity contribution < 1.29 is 9.53 Å². The zero-order chi connectivity index (χ0) is 16.5. The second-order valence-electron chi connectivity index (χ2n) is 6.80. The molecule has 0 unspecified atom stereocenters. The van der Waals surface area contributed by atoms with Crippen LogP contribution >= 0.6 is 0 Å². The van der Waals surface area contributed by atoms with Crippen LogP contribution in [-0.4, -0.2) is 12.1 Å². The van der Waals surface area contributed by atoms with E-state index in [4.69, 9.17) is 4.74 Å². The van der Waals surface area contributed by atoms with Crippen molar-refractivity contribution in [1.29, 1.82) is 0 Å². The first kappa shape index (κ1) is 18.7. The van der Waals surface area contributed by atoms with Crippen LogP contribution in [0.3, 0.4) is 0 Å². The fourth-order valence-electron chi connectivity index (χ4n) is 2.62. The SMILES string of the molecule is C/C1=C\[C@H](C)C/C=C/[C@@H](C)[C@H](C)OC(=O)CC/C(C)=C/CC1. The number of allylic oxidation sites excluding steroid dienone is 5. The van der Waals surface area contributed by atoms with Crippen molar-refractivity contribution in [2.45, 2.75) is 72.8 Å². The third-order valence-corrected chi connectivity index (χ3v) is 4.33. The predicted molar refractivity (Wildman–Crippen MR) is 93.6 cm³/mol. The van der Waals surface area contributed by atoms with Crippen molar-refractivity contribution in [3.05, 3.63) is 35.5 Å². The topological polar surface area (TPSA) is 26.3 Å². The maximum Gasteiger partial charge on any atom is 0.306 e. The van der Waals surface area contributed by atoms with Crippen LogP contribution in [0.25, 0.3) is 0 Å². The van der Waals surface area contributed by atoms with Crippen LogP contribution in [-0.2, 0) is 9.53 Å². The van der Waals surface area contributed by atoms with Crippen molar-refractivity contribution in [1.82, 2.24) is 0 Å². The minimum absolute atomic E-state index is 0.0616. The molecule has 2 heteroatoms. The van der Waals surface area contributed by atoms with Gasteiger partial charge < -0.3 is 4.74 Å². The molecule has 0 saturated heterocycles. The predicted octanol–water partition coefficient (Wildman–Crippen LogP) is 5.60. The molecular weight excluding hydrogens is 272 g/mol. The van der Waals surface area contributed by atoms with Crippen LogP contribution in [0.5, 0.6) is 0 Å². The lowest BCUT2D eigenvalue weighted by atomic mass is 9.99.